The topological polar surface area (TPSA) is 88.3 Å². The maximum atomic E-state index is 11.5. The molecule has 0 aliphatic heterocycles. The molecule has 3 N–H and O–H groups in total. The molecule has 0 aromatic carbocycles. The monoisotopic (exact) mass is 312 g/mol. The zero-order valence-corrected chi connectivity index (χ0v) is 12.3. The van der Waals surface area contributed by atoms with Gasteiger partial charge in [0.05, 0.1) is 15.8 Å². The first-order valence-corrected chi connectivity index (χ1v) is 7.36. The molecule has 0 aliphatic rings. The second kappa shape index (κ2) is 5.92. The number of anilines is 2. The predicted molar refractivity (Wildman–Crippen MR) is 74.6 cm³/mol. The largest absolute Gasteiger partial charge is 0.382 e. The second-order valence-electron chi connectivity index (χ2n) is 3.71. The highest BCUT2D eigenvalue weighted by Gasteiger charge is 2.13. The van der Waals surface area contributed by atoms with Crippen LogP contribution in [0.1, 0.15) is 0 Å². The minimum Gasteiger partial charge on any atom is -0.382 e. The summed E-state index contributed by atoms with van der Waals surface area (Å²) in [4.78, 5) is 3.93. The maximum Gasteiger partial charge on any atom is 0.215 e. The third kappa shape index (κ3) is 3.88. The van der Waals surface area contributed by atoms with Gasteiger partial charge < -0.3 is 11.1 Å². The first-order valence-electron chi connectivity index (χ1n) is 4.99. The molecule has 0 bridgehead atoms. The molecular weight excluding hydrogens is 299 g/mol. The fourth-order valence-corrected chi connectivity index (χ4v) is 2.24. The van der Waals surface area contributed by atoms with Gasteiger partial charge in [0.15, 0.2) is 0 Å². The number of nitrogens with one attached hydrogen (secondary N) is 1. The van der Waals surface area contributed by atoms with Gasteiger partial charge in [0.25, 0.3) is 0 Å². The number of hydrogen-bond acceptors (Lipinski definition) is 5. The van der Waals surface area contributed by atoms with Gasteiger partial charge in [-0.2, -0.15) is 0 Å². The van der Waals surface area contributed by atoms with Crippen LogP contribution >= 0.6 is 23.2 Å². The molecule has 6 nitrogen and oxygen atoms in total. The van der Waals surface area contributed by atoms with Crippen molar-refractivity contribution in [3.63, 3.8) is 0 Å². The fourth-order valence-electron chi connectivity index (χ4n) is 1.09. The smallest absolute Gasteiger partial charge is 0.215 e. The molecule has 0 fully saturated rings. The molecule has 102 valence electrons. The van der Waals surface area contributed by atoms with Crippen molar-refractivity contribution in [1.82, 2.24) is 9.29 Å². The average Bonchev–Trinajstić information content (AvgIpc) is 2.25. The molecule has 0 saturated carbocycles. The van der Waals surface area contributed by atoms with E-state index in [1.807, 2.05) is 0 Å². The first kappa shape index (κ1) is 15.3. The summed E-state index contributed by atoms with van der Waals surface area (Å²) < 4.78 is 24.2. The second-order valence-corrected chi connectivity index (χ2v) is 6.83. The van der Waals surface area contributed by atoms with E-state index in [1.54, 1.807) is 0 Å². The maximum absolute atomic E-state index is 11.5. The van der Waals surface area contributed by atoms with Crippen LogP contribution in [0.4, 0.5) is 11.6 Å². The summed E-state index contributed by atoms with van der Waals surface area (Å²) in [6, 6.07) is 1.45. The quantitative estimate of drug-likeness (QED) is 0.855. The third-order valence-electron chi connectivity index (χ3n) is 2.17. The molecule has 1 aromatic heterocycles. The summed E-state index contributed by atoms with van der Waals surface area (Å²) in [6.07, 6.45) is 0. The summed E-state index contributed by atoms with van der Waals surface area (Å²) >= 11 is 11.6. The highest BCUT2D eigenvalue weighted by atomic mass is 35.5. The Morgan fingerprint density at radius 3 is 2.56 bits per heavy atom. The van der Waals surface area contributed by atoms with Crippen LogP contribution in [0.2, 0.25) is 10.0 Å². The Kier molecular flexibility index (Phi) is 5.03. The molecule has 0 amide bonds. The lowest BCUT2D eigenvalue weighted by Gasteiger charge is -2.12. The molecule has 0 spiro atoms. The van der Waals surface area contributed by atoms with E-state index >= 15 is 0 Å². The lowest BCUT2D eigenvalue weighted by Crippen LogP contribution is -2.28. The molecule has 1 heterocycles. The van der Waals surface area contributed by atoms with E-state index in [1.165, 1.54) is 20.2 Å². The molecule has 0 saturated heterocycles. The van der Waals surface area contributed by atoms with Gasteiger partial charge in [0.1, 0.15) is 11.6 Å². The van der Waals surface area contributed by atoms with Gasteiger partial charge in [-0.3, -0.25) is 0 Å². The van der Waals surface area contributed by atoms with E-state index in [2.05, 4.69) is 10.3 Å². The van der Waals surface area contributed by atoms with E-state index in [4.69, 9.17) is 28.9 Å². The van der Waals surface area contributed by atoms with Gasteiger partial charge in [0, 0.05) is 20.6 Å². The zero-order chi connectivity index (χ0) is 13.9. The summed E-state index contributed by atoms with van der Waals surface area (Å²) in [7, 11) is -0.311. The van der Waals surface area contributed by atoms with Crippen molar-refractivity contribution >= 4 is 44.9 Å². The van der Waals surface area contributed by atoms with Gasteiger partial charge in [-0.25, -0.2) is 17.7 Å². The Morgan fingerprint density at radius 2 is 2.00 bits per heavy atom. The van der Waals surface area contributed by atoms with E-state index in [9.17, 15) is 8.42 Å². The summed E-state index contributed by atoms with van der Waals surface area (Å²) in [5.74, 6) is 0.382. The normalized spacial score (nSPS) is 11.8. The first-order chi connectivity index (χ1) is 8.24. The SMILES string of the molecule is CN(C)S(=O)(=O)CCNc1nc(N)c(Cl)cc1Cl. The van der Waals surface area contributed by atoms with Crippen molar-refractivity contribution in [2.45, 2.75) is 0 Å². The van der Waals surface area contributed by atoms with Crippen molar-refractivity contribution in [2.75, 3.05) is 37.4 Å². The molecule has 9 heteroatoms. The fraction of sp³-hybridized carbons (Fsp3) is 0.444. The molecule has 1 rings (SSSR count). The van der Waals surface area contributed by atoms with Gasteiger partial charge in [-0.1, -0.05) is 23.2 Å². The Hall–Kier alpha value is -0.760. The summed E-state index contributed by atoms with van der Waals surface area (Å²) in [6.45, 7) is 0.175. The number of pyridine rings is 1. The van der Waals surface area contributed by atoms with E-state index in [-0.39, 0.29) is 28.2 Å². The van der Waals surface area contributed by atoms with Crippen LogP contribution in [-0.2, 0) is 10.0 Å². The highest BCUT2D eigenvalue weighted by Crippen LogP contribution is 2.27. The number of hydrogen-bond donors (Lipinski definition) is 2. The lowest BCUT2D eigenvalue weighted by atomic mass is 10.4. The Morgan fingerprint density at radius 1 is 1.39 bits per heavy atom. The highest BCUT2D eigenvalue weighted by molar-refractivity contribution is 7.89. The molecule has 0 atom stereocenters. The van der Waals surface area contributed by atoms with Crippen LogP contribution in [0.3, 0.4) is 0 Å². The van der Waals surface area contributed by atoms with E-state index in [0.717, 1.165) is 4.31 Å². The van der Waals surface area contributed by atoms with Crippen LogP contribution in [0.25, 0.3) is 0 Å². The number of sulfonamides is 1. The van der Waals surface area contributed by atoms with Gasteiger partial charge in [-0.15, -0.1) is 0 Å². The van der Waals surface area contributed by atoms with Crippen molar-refractivity contribution in [3.8, 4) is 0 Å². The molecular formula is C9H14Cl2N4O2S. The molecule has 0 radical (unpaired) electrons. The number of halogens is 2. The van der Waals surface area contributed by atoms with Crippen molar-refractivity contribution in [2.24, 2.45) is 0 Å². The molecule has 18 heavy (non-hydrogen) atoms. The van der Waals surface area contributed by atoms with Crippen LogP contribution in [0.15, 0.2) is 6.07 Å². The summed E-state index contributed by atoms with van der Waals surface area (Å²) in [5.41, 5.74) is 5.53. The number of nitrogens with zero attached hydrogens (tertiary/aromatic N) is 2. The minimum atomic E-state index is -3.26. The Balaban J connectivity index is 2.68. The molecule has 1 aromatic rings. The molecule has 0 aliphatic carbocycles. The number of aromatic nitrogens is 1. The van der Waals surface area contributed by atoms with Gasteiger partial charge >= 0.3 is 0 Å². The van der Waals surface area contributed by atoms with Crippen LogP contribution in [0.5, 0.6) is 0 Å². The average molecular weight is 313 g/mol. The number of rotatable bonds is 5. The van der Waals surface area contributed by atoms with Crippen molar-refractivity contribution < 1.29 is 8.42 Å². The van der Waals surface area contributed by atoms with Crippen molar-refractivity contribution in [3.05, 3.63) is 16.1 Å². The van der Waals surface area contributed by atoms with E-state index < -0.39 is 10.0 Å². The van der Waals surface area contributed by atoms with E-state index in [0.29, 0.717) is 5.82 Å². The van der Waals surface area contributed by atoms with Crippen molar-refractivity contribution in [1.29, 1.82) is 0 Å². The number of nitrogen functional groups attached to an aromatic ring is 1. The Bertz CT molecular complexity index is 534. The summed E-state index contributed by atoms with van der Waals surface area (Å²) in [5, 5.41) is 3.35. The predicted octanol–water partition coefficient (Wildman–Crippen LogP) is 1.27. The van der Waals surface area contributed by atoms with Gasteiger partial charge in [0.2, 0.25) is 10.0 Å². The van der Waals surface area contributed by atoms with Crippen LogP contribution in [-0.4, -0.2) is 44.1 Å². The lowest BCUT2D eigenvalue weighted by molar-refractivity contribution is 0.521. The third-order valence-corrected chi connectivity index (χ3v) is 4.59. The molecule has 0 unspecified atom stereocenters. The standard InChI is InChI=1S/C9H14Cl2N4O2S/c1-15(2)18(16,17)4-3-13-9-7(11)5-6(10)8(12)14-9/h5H,3-4H2,1-2H3,(H3,12,13,14). The number of nitrogens with two attached hydrogens (primary N) is 1. The minimum absolute atomic E-state index is 0.0689. The Labute approximate surface area is 116 Å². The van der Waals surface area contributed by atoms with Crippen LogP contribution < -0.4 is 11.1 Å². The van der Waals surface area contributed by atoms with Crippen LogP contribution in [0, 0.1) is 0 Å². The van der Waals surface area contributed by atoms with Gasteiger partial charge in [-0.05, 0) is 6.07 Å². The zero-order valence-electron chi connectivity index (χ0n) is 9.94.